The van der Waals surface area contributed by atoms with Gasteiger partial charge in [-0.3, -0.25) is 14.9 Å². The molecule has 0 radical (unpaired) electrons. The molecular formula is C21H17N3O3S. The van der Waals surface area contributed by atoms with Crippen LogP contribution in [0.4, 0.5) is 5.13 Å². The molecule has 1 amide bonds. The van der Waals surface area contributed by atoms with E-state index in [0.29, 0.717) is 46.8 Å². The number of furan rings is 1. The number of nitriles is 1. The van der Waals surface area contributed by atoms with Gasteiger partial charge in [0.2, 0.25) is 0 Å². The molecule has 3 aromatic rings. The molecule has 1 aromatic carbocycles. The van der Waals surface area contributed by atoms with Crippen molar-refractivity contribution in [2.24, 2.45) is 0 Å². The van der Waals surface area contributed by atoms with Crippen molar-refractivity contribution in [1.82, 2.24) is 4.98 Å². The molecule has 0 fully saturated rings. The Morgan fingerprint density at radius 3 is 2.82 bits per heavy atom. The van der Waals surface area contributed by atoms with Crippen molar-refractivity contribution in [3.05, 3.63) is 69.1 Å². The number of hydrogen-bond acceptors (Lipinski definition) is 6. The number of aryl methyl sites for hydroxylation is 1. The van der Waals surface area contributed by atoms with E-state index >= 15 is 0 Å². The predicted octanol–water partition coefficient (Wildman–Crippen LogP) is 4.28. The molecule has 6 nitrogen and oxygen atoms in total. The number of rotatable bonds is 4. The minimum Gasteiger partial charge on any atom is -0.455 e. The first-order chi connectivity index (χ1) is 13.5. The highest BCUT2D eigenvalue weighted by Gasteiger charge is 2.29. The fourth-order valence-electron chi connectivity index (χ4n) is 3.36. The molecule has 1 N–H and O–H groups in total. The molecule has 4 rings (SSSR count). The van der Waals surface area contributed by atoms with Crippen molar-refractivity contribution in [2.75, 3.05) is 5.32 Å². The lowest BCUT2D eigenvalue weighted by Crippen LogP contribution is -2.13. The Morgan fingerprint density at radius 1 is 1.32 bits per heavy atom. The van der Waals surface area contributed by atoms with Crippen LogP contribution >= 0.6 is 11.3 Å². The second-order valence-corrected chi connectivity index (χ2v) is 7.82. The van der Waals surface area contributed by atoms with Crippen LogP contribution in [0.5, 0.6) is 0 Å². The summed E-state index contributed by atoms with van der Waals surface area (Å²) in [4.78, 5) is 30.0. The molecule has 0 bridgehead atoms. The van der Waals surface area contributed by atoms with Crippen LogP contribution in [0.2, 0.25) is 0 Å². The Kier molecular flexibility index (Phi) is 4.80. The van der Waals surface area contributed by atoms with Crippen LogP contribution in [-0.4, -0.2) is 16.7 Å². The number of fused-ring (bicyclic) bond motifs is 1. The normalized spacial score (nSPS) is 13.1. The average molecular weight is 391 g/mol. The molecule has 0 saturated carbocycles. The van der Waals surface area contributed by atoms with Gasteiger partial charge in [0.1, 0.15) is 5.76 Å². The van der Waals surface area contributed by atoms with Gasteiger partial charge in [-0.15, -0.1) is 11.3 Å². The fourth-order valence-corrected chi connectivity index (χ4v) is 4.21. The number of anilines is 1. The van der Waals surface area contributed by atoms with Gasteiger partial charge in [0.15, 0.2) is 16.7 Å². The number of thiazole rings is 1. The van der Waals surface area contributed by atoms with Crippen LogP contribution in [0.1, 0.15) is 61.1 Å². The van der Waals surface area contributed by atoms with E-state index in [9.17, 15) is 9.59 Å². The number of nitrogens with zero attached hydrogens (tertiary/aromatic N) is 2. The SMILES string of the molecule is Cc1c(C(=O)Nc2ncc(Cc3ccc(C#N)cc3)s2)oc2c1C(=O)CCC2. The number of carbonyl (C=O) groups excluding carboxylic acids is 2. The van der Waals surface area contributed by atoms with E-state index in [4.69, 9.17) is 9.68 Å². The molecular weight excluding hydrogens is 374 g/mol. The highest BCUT2D eigenvalue weighted by Crippen LogP contribution is 2.30. The first kappa shape index (κ1) is 18.1. The highest BCUT2D eigenvalue weighted by atomic mass is 32.1. The number of ketones is 1. The molecule has 1 aliphatic rings. The second kappa shape index (κ2) is 7.41. The largest absolute Gasteiger partial charge is 0.455 e. The van der Waals surface area contributed by atoms with Gasteiger partial charge in [-0.2, -0.15) is 5.26 Å². The van der Waals surface area contributed by atoms with Crippen LogP contribution in [0.3, 0.4) is 0 Å². The van der Waals surface area contributed by atoms with E-state index in [1.165, 1.54) is 11.3 Å². The fraction of sp³-hybridized carbons (Fsp3) is 0.238. The van der Waals surface area contributed by atoms with Gasteiger partial charge < -0.3 is 4.42 Å². The van der Waals surface area contributed by atoms with Gasteiger partial charge >= 0.3 is 0 Å². The second-order valence-electron chi connectivity index (χ2n) is 6.70. The summed E-state index contributed by atoms with van der Waals surface area (Å²) >= 11 is 1.39. The van der Waals surface area contributed by atoms with Gasteiger partial charge in [-0.05, 0) is 31.0 Å². The maximum Gasteiger partial charge on any atom is 0.293 e. The van der Waals surface area contributed by atoms with Gasteiger partial charge in [0.25, 0.3) is 5.91 Å². The highest BCUT2D eigenvalue weighted by molar-refractivity contribution is 7.15. The summed E-state index contributed by atoms with van der Waals surface area (Å²) in [5.74, 6) is 0.447. The van der Waals surface area contributed by atoms with Gasteiger partial charge in [0.05, 0.1) is 17.2 Å². The predicted molar refractivity (Wildman–Crippen MR) is 105 cm³/mol. The van der Waals surface area contributed by atoms with Crippen LogP contribution in [-0.2, 0) is 12.8 Å². The monoisotopic (exact) mass is 391 g/mol. The zero-order valence-electron chi connectivity index (χ0n) is 15.2. The minimum absolute atomic E-state index is 0.0421. The van der Waals surface area contributed by atoms with E-state index < -0.39 is 0 Å². The van der Waals surface area contributed by atoms with Crippen molar-refractivity contribution in [1.29, 1.82) is 5.26 Å². The number of hydrogen-bond donors (Lipinski definition) is 1. The van der Waals surface area contributed by atoms with E-state index in [2.05, 4.69) is 16.4 Å². The molecule has 0 saturated heterocycles. The lowest BCUT2D eigenvalue weighted by molar-refractivity contribution is 0.0963. The van der Waals surface area contributed by atoms with E-state index in [1.54, 1.807) is 25.3 Å². The van der Waals surface area contributed by atoms with Crippen molar-refractivity contribution in [3.63, 3.8) is 0 Å². The van der Waals surface area contributed by atoms with Crippen molar-refractivity contribution < 1.29 is 14.0 Å². The molecule has 28 heavy (non-hydrogen) atoms. The molecule has 2 heterocycles. The van der Waals surface area contributed by atoms with E-state index in [1.807, 2.05) is 12.1 Å². The van der Waals surface area contributed by atoms with Crippen LogP contribution in [0.25, 0.3) is 0 Å². The first-order valence-corrected chi connectivity index (χ1v) is 9.77. The Morgan fingerprint density at radius 2 is 2.11 bits per heavy atom. The standard InChI is InChI=1S/C21H17N3O3S/c1-12-18-16(25)3-2-4-17(18)27-19(12)20(26)24-21-23-11-15(28-21)9-13-5-7-14(10-22)8-6-13/h5-8,11H,2-4,9H2,1H3,(H,23,24,26). The third kappa shape index (κ3) is 3.47. The number of aromatic nitrogens is 1. The molecule has 0 atom stereocenters. The number of nitrogens with one attached hydrogen (secondary N) is 1. The molecule has 1 aliphatic carbocycles. The van der Waals surface area contributed by atoms with Gasteiger partial charge in [-0.25, -0.2) is 4.98 Å². The third-order valence-corrected chi connectivity index (χ3v) is 5.66. The van der Waals surface area contributed by atoms with Crippen LogP contribution in [0, 0.1) is 18.3 Å². The molecule has 140 valence electrons. The lowest BCUT2D eigenvalue weighted by atomic mass is 9.94. The zero-order valence-corrected chi connectivity index (χ0v) is 16.1. The van der Waals surface area contributed by atoms with Crippen LogP contribution < -0.4 is 5.32 Å². The van der Waals surface area contributed by atoms with Crippen molar-refractivity contribution in [2.45, 2.75) is 32.6 Å². The quantitative estimate of drug-likeness (QED) is 0.716. The summed E-state index contributed by atoms with van der Waals surface area (Å²) < 4.78 is 5.68. The molecule has 2 aromatic heterocycles. The Bertz CT molecular complexity index is 1100. The minimum atomic E-state index is -0.390. The van der Waals surface area contributed by atoms with Crippen LogP contribution in [0.15, 0.2) is 34.9 Å². The summed E-state index contributed by atoms with van der Waals surface area (Å²) in [6.07, 6.45) is 4.33. The lowest BCUT2D eigenvalue weighted by Gasteiger charge is -2.07. The summed E-state index contributed by atoms with van der Waals surface area (Å²) in [6.45, 7) is 1.75. The van der Waals surface area contributed by atoms with Crippen molar-refractivity contribution in [3.8, 4) is 6.07 Å². The topological polar surface area (TPSA) is 96.0 Å². The molecule has 0 spiro atoms. The maximum absolute atomic E-state index is 12.6. The number of benzene rings is 1. The number of carbonyl (C=O) groups is 2. The van der Waals surface area contributed by atoms with Crippen molar-refractivity contribution >= 4 is 28.2 Å². The van der Waals surface area contributed by atoms with Gasteiger partial charge in [0, 0.05) is 35.9 Å². The first-order valence-electron chi connectivity index (χ1n) is 8.95. The van der Waals surface area contributed by atoms with Gasteiger partial charge in [-0.1, -0.05) is 12.1 Å². The molecule has 0 aliphatic heterocycles. The van der Waals surface area contributed by atoms with E-state index in [-0.39, 0.29) is 17.5 Å². The summed E-state index contributed by atoms with van der Waals surface area (Å²) in [5, 5.41) is 12.1. The molecule has 0 unspecified atom stereocenters. The smallest absolute Gasteiger partial charge is 0.293 e. The maximum atomic E-state index is 12.6. The molecule has 7 heteroatoms. The summed E-state index contributed by atoms with van der Waals surface area (Å²) in [5.41, 5.74) is 2.85. The summed E-state index contributed by atoms with van der Waals surface area (Å²) in [6, 6.07) is 9.47. The van der Waals surface area contributed by atoms with E-state index in [0.717, 1.165) is 16.9 Å². The summed E-state index contributed by atoms with van der Waals surface area (Å²) in [7, 11) is 0. The Labute approximate surface area is 165 Å². The zero-order chi connectivity index (χ0) is 19.7. The average Bonchev–Trinajstić information content (AvgIpc) is 3.27. The number of Topliss-reactive ketones (excluding diaryl/α,β-unsaturated/α-hetero) is 1. The number of amides is 1. The Balaban J connectivity index is 1.47. The Hall–Kier alpha value is -3.24. The third-order valence-electron chi connectivity index (χ3n) is 4.75.